The lowest BCUT2D eigenvalue weighted by atomic mass is 10.1. The maximum Gasteiger partial charge on any atom is 0.190 e. The zero-order valence-electron chi connectivity index (χ0n) is 11.4. The fourth-order valence-electron chi connectivity index (χ4n) is 2.21. The molecule has 0 aliphatic heterocycles. The molecule has 4 nitrogen and oxygen atoms in total. The largest absolute Gasteiger partial charge is 0.239 e. The number of halogens is 2. The van der Waals surface area contributed by atoms with Crippen molar-refractivity contribution in [3.05, 3.63) is 71.4 Å². The van der Waals surface area contributed by atoms with Crippen LogP contribution in [0, 0.1) is 23.0 Å². The van der Waals surface area contributed by atoms with Crippen LogP contribution in [0.15, 0.2) is 48.5 Å². The molecule has 6 heteroatoms. The summed E-state index contributed by atoms with van der Waals surface area (Å²) in [6.45, 7) is 0.0605. The number of nitrogens with zero attached hydrogens (tertiary/aromatic N) is 4. The maximum atomic E-state index is 14.0. The number of rotatable bonds is 3. The van der Waals surface area contributed by atoms with Crippen molar-refractivity contribution in [3.8, 4) is 17.3 Å². The third-order valence-corrected chi connectivity index (χ3v) is 3.25. The van der Waals surface area contributed by atoms with Crippen LogP contribution in [-0.2, 0) is 6.54 Å². The van der Waals surface area contributed by atoms with Gasteiger partial charge in [-0.1, -0.05) is 35.5 Å². The Morgan fingerprint density at radius 3 is 2.36 bits per heavy atom. The van der Waals surface area contributed by atoms with Gasteiger partial charge in [-0.05, 0) is 18.2 Å². The first-order chi connectivity index (χ1) is 10.7. The van der Waals surface area contributed by atoms with Gasteiger partial charge in [-0.15, -0.1) is 5.10 Å². The van der Waals surface area contributed by atoms with Crippen LogP contribution >= 0.6 is 0 Å². The summed E-state index contributed by atoms with van der Waals surface area (Å²) in [5.41, 5.74) is 0.833. The molecule has 108 valence electrons. The summed E-state index contributed by atoms with van der Waals surface area (Å²) >= 11 is 0. The Morgan fingerprint density at radius 1 is 1.00 bits per heavy atom. The van der Waals surface area contributed by atoms with Crippen LogP contribution < -0.4 is 0 Å². The van der Waals surface area contributed by atoms with Crippen molar-refractivity contribution in [2.24, 2.45) is 0 Å². The van der Waals surface area contributed by atoms with Crippen LogP contribution in [0.1, 0.15) is 11.3 Å². The second-order valence-electron chi connectivity index (χ2n) is 4.63. The lowest BCUT2D eigenvalue weighted by Crippen LogP contribution is -2.06. The summed E-state index contributed by atoms with van der Waals surface area (Å²) in [5.74, 6) is -0.882. The van der Waals surface area contributed by atoms with E-state index in [0.717, 1.165) is 0 Å². The molecule has 3 aromatic rings. The minimum absolute atomic E-state index is 0.00133. The van der Waals surface area contributed by atoms with Crippen molar-refractivity contribution in [2.45, 2.75) is 6.54 Å². The van der Waals surface area contributed by atoms with E-state index in [1.807, 2.05) is 6.07 Å². The Bertz CT molecular complexity index is 865. The summed E-state index contributed by atoms with van der Waals surface area (Å²) in [4.78, 5) is 0. The minimum Gasteiger partial charge on any atom is -0.239 e. The van der Waals surface area contributed by atoms with Gasteiger partial charge in [0.2, 0.25) is 0 Å². The van der Waals surface area contributed by atoms with Gasteiger partial charge in [0.05, 0.1) is 6.54 Å². The summed E-state index contributed by atoms with van der Waals surface area (Å²) in [5, 5.41) is 16.7. The highest BCUT2D eigenvalue weighted by molar-refractivity contribution is 5.65. The second-order valence-corrected chi connectivity index (χ2v) is 4.63. The number of nitriles is 1. The smallest absolute Gasteiger partial charge is 0.190 e. The Balaban J connectivity index is 2.11. The lowest BCUT2D eigenvalue weighted by molar-refractivity contribution is 0.577. The van der Waals surface area contributed by atoms with E-state index in [1.165, 1.54) is 22.9 Å². The predicted octanol–water partition coefficient (Wildman–Crippen LogP) is 3.14. The highest BCUT2D eigenvalue weighted by Crippen LogP contribution is 2.25. The molecule has 0 aliphatic rings. The first-order valence-corrected chi connectivity index (χ1v) is 6.52. The quantitative estimate of drug-likeness (QED) is 0.746. The van der Waals surface area contributed by atoms with Crippen molar-refractivity contribution < 1.29 is 8.78 Å². The number of hydrogen-bond acceptors (Lipinski definition) is 3. The highest BCUT2D eigenvalue weighted by Gasteiger charge is 2.18. The highest BCUT2D eigenvalue weighted by atomic mass is 19.1. The Kier molecular flexibility index (Phi) is 3.62. The van der Waals surface area contributed by atoms with E-state index >= 15 is 0 Å². The first kappa shape index (κ1) is 13.9. The zero-order valence-corrected chi connectivity index (χ0v) is 11.4. The van der Waals surface area contributed by atoms with Crippen molar-refractivity contribution in [2.75, 3.05) is 0 Å². The molecular formula is C16H10F2N4. The third-order valence-electron chi connectivity index (χ3n) is 3.25. The van der Waals surface area contributed by atoms with E-state index in [9.17, 15) is 8.78 Å². The second kappa shape index (κ2) is 5.74. The van der Waals surface area contributed by atoms with Crippen LogP contribution in [0.3, 0.4) is 0 Å². The topological polar surface area (TPSA) is 54.5 Å². The van der Waals surface area contributed by atoms with Crippen molar-refractivity contribution >= 4 is 0 Å². The average Bonchev–Trinajstić information content (AvgIpc) is 2.93. The number of benzene rings is 2. The van der Waals surface area contributed by atoms with Crippen LogP contribution in [0.25, 0.3) is 11.3 Å². The van der Waals surface area contributed by atoms with Crippen molar-refractivity contribution in [1.29, 1.82) is 5.26 Å². The van der Waals surface area contributed by atoms with Gasteiger partial charge in [0, 0.05) is 11.1 Å². The van der Waals surface area contributed by atoms with Gasteiger partial charge in [0.25, 0.3) is 0 Å². The van der Waals surface area contributed by atoms with E-state index < -0.39 is 11.6 Å². The minimum atomic E-state index is -0.490. The molecular weight excluding hydrogens is 286 g/mol. The number of hydrogen-bond donors (Lipinski definition) is 0. The molecule has 0 saturated carbocycles. The average molecular weight is 296 g/mol. The molecule has 0 N–H and O–H groups in total. The monoisotopic (exact) mass is 296 g/mol. The SMILES string of the molecule is N#Cc1nnn(Cc2ccccc2F)c1-c1ccccc1F. The number of aromatic nitrogens is 3. The molecule has 0 unspecified atom stereocenters. The molecule has 1 aromatic heterocycles. The zero-order chi connectivity index (χ0) is 15.5. The first-order valence-electron chi connectivity index (χ1n) is 6.52. The van der Waals surface area contributed by atoms with Gasteiger partial charge in [-0.2, -0.15) is 5.26 Å². The predicted molar refractivity (Wildman–Crippen MR) is 75.6 cm³/mol. The summed E-state index contributed by atoms with van der Waals surface area (Å²) in [6, 6.07) is 14.1. The molecule has 1 heterocycles. The van der Waals surface area contributed by atoms with Gasteiger partial charge in [0.1, 0.15) is 23.4 Å². The van der Waals surface area contributed by atoms with Gasteiger partial charge in [0.15, 0.2) is 5.69 Å². The summed E-state index contributed by atoms with van der Waals surface area (Å²) in [6.07, 6.45) is 0. The van der Waals surface area contributed by atoms with Gasteiger partial charge < -0.3 is 0 Å². The van der Waals surface area contributed by atoms with Crippen LogP contribution in [0.2, 0.25) is 0 Å². The van der Waals surface area contributed by atoms with E-state index in [4.69, 9.17) is 5.26 Å². The molecule has 0 fully saturated rings. The van der Waals surface area contributed by atoms with Gasteiger partial charge in [-0.3, -0.25) is 0 Å². The lowest BCUT2D eigenvalue weighted by Gasteiger charge is -2.08. The van der Waals surface area contributed by atoms with Gasteiger partial charge in [-0.25, -0.2) is 13.5 Å². The van der Waals surface area contributed by atoms with E-state index in [-0.39, 0.29) is 23.5 Å². The molecule has 22 heavy (non-hydrogen) atoms. The molecule has 0 saturated heterocycles. The fraction of sp³-hybridized carbons (Fsp3) is 0.0625. The Hall–Kier alpha value is -3.07. The maximum absolute atomic E-state index is 14.0. The van der Waals surface area contributed by atoms with Gasteiger partial charge >= 0.3 is 0 Å². The summed E-state index contributed by atoms with van der Waals surface area (Å²) in [7, 11) is 0. The normalized spacial score (nSPS) is 10.4. The molecule has 0 atom stereocenters. The molecule has 0 amide bonds. The molecule has 0 spiro atoms. The van der Waals surface area contributed by atoms with Crippen LogP contribution in [-0.4, -0.2) is 15.0 Å². The standard InChI is InChI=1S/C16H10F2N4/c17-13-7-3-1-5-11(13)10-22-16(15(9-19)20-21-22)12-6-2-4-8-14(12)18/h1-8H,10H2. The van der Waals surface area contributed by atoms with Crippen molar-refractivity contribution in [3.63, 3.8) is 0 Å². The third kappa shape index (κ3) is 2.44. The molecule has 2 aromatic carbocycles. The fourth-order valence-corrected chi connectivity index (χ4v) is 2.21. The molecule has 0 radical (unpaired) electrons. The van der Waals surface area contributed by atoms with E-state index in [0.29, 0.717) is 5.56 Å². The molecule has 3 rings (SSSR count). The van der Waals surface area contributed by atoms with Crippen molar-refractivity contribution in [1.82, 2.24) is 15.0 Å². The molecule has 0 bridgehead atoms. The van der Waals surface area contributed by atoms with E-state index in [1.54, 1.807) is 30.3 Å². The summed E-state index contributed by atoms with van der Waals surface area (Å²) < 4.78 is 29.1. The van der Waals surface area contributed by atoms with Crippen LogP contribution in [0.4, 0.5) is 8.78 Å². The van der Waals surface area contributed by atoms with E-state index in [2.05, 4.69) is 10.3 Å². The molecule has 0 aliphatic carbocycles. The Morgan fingerprint density at radius 2 is 1.68 bits per heavy atom. The van der Waals surface area contributed by atoms with Crippen LogP contribution in [0.5, 0.6) is 0 Å². The Labute approximate surface area is 125 Å².